The number of aromatic nitrogens is 2. The number of nitrogens with zero attached hydrogens (tertiary/aromatic N) is 2. The van der Waals surface area contributed by atoms with Crippen LogP contribution in [0.5, 0.6) is 0 Å². The molecule has 3 rings (SSSR count). The first-order valence-electron chi connectivity index (χ1n) is 5.62. The molecular weight excluding hydrogens is 214 g/mol. The molecule has 86 valence electrons. The van der Waals surface area contributed by atoms with Crippen molar-refractivity contribution >= 4 is 5.69 Å². The van der Waals surface area contributed by atoms with Gasteiger partial charge in [-0.05, 0) is 18.1 Å². The first kappa shape index (κ1) is 10.1. The van der Waals surface area contributed by atoms with Gasteiger partial charge < -0.3 is 4.90 Å². The van der Waals surface area contributed by atoms with Crippen LogP contribution in [0.1, 0.15) is 16.7 Å². The Kier molecular flexibility index (Phi) is 2.21. The summed E-state index contributed by atoms with van der Waals surface area (Å²) in [4.78, 5) is 13.7. The van der Waals surface area contributed by atoms with Crippen molar-refractivity contribution in [3.05, 3.63) is 57.5 Å². The Hall–Kier alpha value is -2.10. The molecule has 1 N–H and O–H groups in total. The van der Waals surface area contributed by atoms with Gasteiger partial charge >= 0.3 is 0 Å². The molecule has 0 spiro atoms. The highest BCUT2D eigenvalue weighted by atomic mass is 16.1. The smallest absolute Gasteiger partial charge is 0.269 e. The van der Waals surface area contributed by atoms with Gasteiger partial charge in [0.05, 0.1) is 11.9 Å². The molecule has 1 aliphatic heterocycles. The summed E-state index contributed by atoms with van der Waals surface area (Å²) in [7, 11) is 0. The molecule has 0 radical (unpaired) electrons. The lowest BCUT2D eigenvalue weighted by Gasteiger charge is -2.18. The molecule has 1 aliphatic rings. The second-order valence-corrected chi connectivity index (χ2v) is 4.33. The molecule has 0 saturated heterocycles. The zero-order chi connectivity index (χ0) is 11.8. The third-order valence-electron chi connectivity index (χ3n) is 3.26. The van der Waals surface area contributed by atoms with Crippen LogP contribution in [0.25, 0.3) is 0 Å². The Bertz CT molecular complexity index is 593. The van der Waals surface area contributed by atoms with E-state index in [1.165, 1.54) is 11.1 Å². The Morgan fingerprint density at radius 3 is 2.53 bits per heavy atom. The van der Waals surface area contributed by atoms with Gasteiger partial charge in [0.25, 0.3) is 5.56 Å². The zero-order valence-corrected chi connectivity index (χ0v) is 9.60. The summed E-state index contributed by atoms with van der Waals surface area (Å²) in [6, 6.07) is 8.35. The fraction of sp³-hybridized carbons (Fsp3) is 0.231. The molecule has 2 heterocycles. The monoisotopic (exact) mass is 227 g/mol. The van der Waals surface area contributed by atoms with E-state index >= 15 is 0 Å². The van der Waals surface area contributed by atoms with Gasteiger partial charge in [-0.3, -0.25) is 4.79 Å². The second kappa shape index (κ2) is 3.73. The fourth-order valence-electron chi connectivity index (χ4n) is 2.27. The van der Waals surface area contributed by atoms with Crippen molar-refractivity contribution in [1.29, 1.82) is 0 Å². The summed E-state index contributed by atoms with van der Waals surface area (Å²) in [5.41, 5.74) is 4.19. The molecule has 4 heteroatoms. The maximum Gasteiger partial charge on any atom is 0.269 e. The lowest BCUT2D eigenvalue weighted by Crippen LogP contribution is -2.21. The van der Waals surface area contributed by atoms with Crippen LogP contribution in [0.15, 0.2) is 35.3 Å². The lowest BCUT2D eigenvalue weighted by molar-refractivity contribution is 0.849. The second-order valence-electron chi connectivity index (χ2n) is 4.33. The molecule has 0 saturated carbocycles. The number of benzene rings is 1. The first-order chi connectivity index (χ1) is 8.25. The predicted molar refractivity (Wildman–Crippen MR) is 65.9 cm³/mol. The first-order valence-corrected chi connectivity index (χ1v) is 5.62. The third-order valence-corrected chi connectivity index (χ3v) is 3.26. The molecule has 0 aliphatic carbocycles. The number of rotatable bonds is 1. The van der Waals surface area contributed by atoms with E-state index in [0.717, 1.165) is 24.3 Å². The Morgan fingerprint density at radius 1 is 1.24 bits per heavy atom. The van der Waals surface area contributed by atoms with E-state index in [2.05, 4.69) is 27.2 Å². The SMILES string of the molecule is Cc1c(N2Cc3ccccc3C2)cn[nH]c1=O. The van der Waals surface area contributed by atoms with Crippen LogP contribution in [-0.2, 0) is 13.1 Å². The van der Waals surface area contributed by atoms with Crippen LogP contribution in [0, 0.1) is 6.92 Å². The van der Waals surface area contributed by atoms with Gasteiger partial charge in [-0.2, -0.15) is 5.10 Å². The molecule has 17 heavy (non-hydrogen) atoms. The fourth-order valence-corrected chi connectivity index (χ4v) is 2.27. The molecule has 0 bridgehead atoms. The Balaban J connectivity index is 2.00. The number of hydrogen-bond donors (Lipinski definition) is 1. The molecule has 1 aromatic heterocycles. The average Bonchev–Trinajstić information content (AvgIpc) is 2.76. The number of hydrogen-bond acceptors (Lipinski definition) is 3. The quantitative estimate of drug-likeness (QED) is 0.805. The number of H-pyrrole nitrogens is 1. The van der Waals surface area contributed by atoms with Gasteiger partial charge in [0.1, 0.15) is 0 Å². The number of nitrogens with one attached hydrogen (secondary N) is 1. The summed E-state index contributed by atoms with van der Waals surface area (Å²) in [5.74, 6) is 0. The summed E-state index contributed by atoms with van der Waals surface area (Å²) >= 11 is 0. The van der Waals surface area contributed by atoms with Gasteiger partial charge in [-0.15, -0.1) is 0 Å². The molecular formula is C13H13N3O. The highest BCUT2D eigenvalue weighted by molar-refractivity contribution is 5.54. The van der Waals surface area contributed by atoms with E-state index in [1.807, 2.05) is 19.1 Å². The molecule has 0 atom stereocenters. The molecule has 4 nitrogen and oxygen atoms in total. The standard InChI is InChI=1S/C13H13N3O/c1-9-12(6-14-15-13(9)17)16-7-10-4-2-3-5-11(10)8-16/h2-6H,7-8H2,1H3,(H,15,17). The molecule has 0 fully saturated rings. The maximum absolute atomic E-state index is 11.5. The van der Waals surface area contributed by atoms with Crippen molar-refractivity contribution in [2.45, 2.75) is 20.0 Å². The summed E-state index contributed by atoms with van der Waals surface area (Å²) in [6.45, 7) is 3.53. The lowest BCUT2D eigenvalue weighted by atomic mass is 10.1. The summed E-state index contributed by atoms with van der Waals surface area (Å²) < 4.78 is 0. The van der Waals surface area contributed by atoms with Crippen LogP contribution in [0.4, 0.5) is 5.69 Å². The third kappa shape index (κ3) is 1.62. The van der Waals surface area contributed by atoms with E-state index in [1.54, 1.807) is 6.20 Å². The van der Waals surface area contributed by atoms with E-state index < -0.39 is 0 Å². The predicted octanol–water partition coefficient (Wildman–Crippen LogP) is 1.60. The van der Waals surface area contributed by atoms with Gasteiger partial charge in [-0.25, -0.2) is 5.10 Å². The molecule has 2 aromatic rings. The molecule has 1 aromatic carbocycles. The van der Waals surface area contributed by atoms with Gasteiger partial charge in [0, 0.05) is 18.7 Å². The molecule has 0 amide bonds. The van der Waals surface area contributed by atoms with Crippen molar-refractivity contribution < 1.29 is 0 Å². The largest absolute Gasteiger partial charge is 0.361 e. The maximum atomic E-state index is 11.5. The minimum Gasteiger partial charge on any atom is -0.361 e. The van der Waals surface area contributed by atoms with E-state index in [0.29, 0.717) is 0 Å². The van der Waals surface area contributed by atoms with Gasteiger partial charge in [-0.1, -0.05) is 24.3 Å². The van der Waals surface area contributed by atoms with Gasteiger partial charge in [0.15, 0.2) is 0 Å². The summed E-state index contributed by atoms with van der Waals surface area (Å²) in [6.07, 6.45) is 1.72. The summed E-state index contributed by atoms with van der Waals surface area (Å²) in [5, 5.41) is 6.33. The number of anilines is 1. The van der Waals surface area contributed by atoms with Crippen LogP contribution >= 0.6 is 0 Å². The van der Waals surface area contributed by atoms with E-state index in [-0.39, 0.29) is 5.56 Å². The van der Waals surface area contributed by atoms with E-state index in [9.17, 15) is 4.79 Å². The van der Waals surface area contributed by atoms with Crippen LogP contribution in [0.2, 0.25) is 0 Å². The highest BCUT2D eigenvalue weighted by Gasteiger charge is 2.20. The number of aromatic amines is 1. The normalized spacial score (nSPS) is 13.8. The van der Waals surface area contributed by atoms with Crippen molar-refractivity contribution in [2.75, 3.05) is 4.90 Å². The Labute approximate surface area is 98.9 Å². The number of fused-ring (bicyclic) bond motifs is 1. The Morgan fingerprint density at radius 2 is 1.88 bits per heavy atom. The topological polar surface area (TPSA) is 49.0 Å². The van der Waals surface area contributed by atoms with Crippen molar-refractivity contribution in [3.8, 4) is 0 Å². The minimum atomic E-state index is -0.113. The van der Waals surface area contributed by atoms with Crippen LogP contribution in [-0.4, -0.2) is 10.2 Å². The average molecular weight is 227 g/mol. The zero-order valence-electron chi connectivity index (χ0n) is 9.60. The van der Waals surface area contributed by atoms with E-state index in [4.69, 9.17) is 0 Å². The van der Waals surface area contributed by atoms with Crippen molar-refractivity contribution in [2.24, 2.45) is 0 Å². The minimum absolute atomic E-state index is 0.113. The van der Waals surface area contributed by atoms with Crippen LogP contribution in [0.3, 0.4) is 0 Å². The van der Waals surface area contributed by atoms with Crippen molar-refractivity contribution in [3.63, 3.8) is 0 Å². The molecule has 0 unspecified atom stereocenters. The van der Waals surface area contributed by atoms with Gasteiger partial charge in [0.2, 0.25) is 0 Å². The van der Waals surface area contributed by atoms with Crippen LogP contribution < -0.4 is 10.5 Å². The highest BCUT2D eigenvalue weighted by Crippen LogP contribution is 2.28. The van der Waals surface area contributed by atoms with Crippen molar-refractivity contribution in [1.82, 2.24) is 10.2 Å².